The molecule has 0 heterocycles. The maximum Gasteiger partial charge on any atom is 0.429 e. The summed E-state index contributed by atoms with van der Waals surface area (Å²) in [5.74, 6) is -0.620. The zero-order valence-electron chi connectivity index (χ0n) is 13.7. The van der Waals surface area contributed by atoms with Crippen molar-refractivity contribution in [2.45, 2.75) is 51.1 Å². The quantitative estimate of drug-likeness (QED) is 0.636. The number of hydrogen-bond donors (Lipinski definition) is 0. The molecule has 0 unspecified atom stereocenters. The Morgan fingerprint density at radius 3 is 2.25 bits per heavy atom. The van der Waals surface area contributed by atoms with Gasteiger partial charge >= 0.3 is 6.11 Å². The van der Waals surface area contributed by atoms with Crippen molar-refractivity contribution in [3.8, 4) is 5.75 Å². The first-order valence-electron chi connectivity index (χ1n) is 8.39. The molecule has 0 amide bonds. The van der Waals surface area contributed by atoms with Crippen molar-refractivity contribution < 1.29 is 17.9 Å². The van der Waals surface area contributed by atoms with E-state index in [1.807, 2.05) is 6.92 Å². The van der Waals surface area contributed by atoms with Gasteiger partial charge in [-0.05, 0) is 55.5 Å². The summed E-state index contributed by atoms with van der Waals surface area (Å²) in [6.07, 6.45) is 1.70. The maximum atomic E-state index is 14.3. The molecule has 0 atom stereocenters. The Balaban J connectivity index is 1.80. The first kappa shape index (κ1) is 16.9. The van der Waals surface area contributed by atoms with Crippen molar-refractivity contribution in [1.29, 1.82) is 0 Å². The van der Waals surface area contributed by atoms with Crippen LogP contribution in [0.15, 0.2) is 42.5 Å². The predicted octanol–water partition coefficient (Wildman–Crippen LogP) is 6.31. The standard InChI is InChI=1S/C20H21F3O/c1-14-7-10-17(11-8-14)24-20(22,23)18-12-9-16(13-19(18)21)15-5-3-2-4-6-15/h7-13,15H,2-6H2,1H3. The van der Waals surface area contributed by atoms with Crippen molar-refractivity contribution in [2.24, 2.45) is 0 Å². The lowest BCUT2D eigenvalue weighted by Crippen LogP contribution is -2.23. The molecule has 0 saturated heterocycles. The normalized spacial score (nSPS) is 16.2. The number of rotatable bonds is 4. The summed E-state index contributed by atoms with van der Waals surface area (Å²) in [4.78, 5) is 0. The van der Waals surface area contributed by atoms with Crippen LogP contribution in [0.25, 0.3) is 0 Å². The van der Waals surface area contributed by atoms with Gasteiger partial charge in [-0.3, -0.25) is 0 Å². The van der Waals surface area contributed by atoms with Gasteiger partial charge in [0.15, 0.2) is 0 Å². The average molecular weight is 334 g/mol. The second-order valence-corrected chi connectivity index (χ2v) is 6.51. The maximum absolute atomic E-state index is 14.3. The van der Waals surface area contributed by atoms with Gasteiger partial charge in [0, 0.05) is 0 Å². The minimum absolute atomic E-state index is 0.0151. The van der Waals surface area contributed by atoms with Crippen LogP contribution >= 0.6 is 0 Å². The highest BCUT2D eigenvalue weighted by atomic mass is 19.3. The van der Waals surface area contributed by atoms with Gasteiger partial charge in [0.2, 0.25) is 0 Å². The van der Waals surface area contributed by atoms with Gasteiger partial charge in [0.25, 0.3) is 0 Å². The fourth-order valence-corrected chi connectivity index (χ4v) is 3.27. The van der Waals surface area contributed by atoms with Crippen molar-refractivity contribution in [3.05, 3.63) is 65.0 Å². The molecule has 1 saturated carbocycles. The van der Waals surface area contributed by atoms with E-state index < -0.39 is 17.5 Å². The molecule has 1 aliphatic carbocycles. The Bertz CT molecular complexity index is 689. The molecule has 0 radical (unpaired) electrons. The summed E-state index contributed by atoms with van der Waals surface area (Å²) in [6.45, 7) is 1.85. The van der Waals surface area contributed by atoms with E-state index in [2.05, 4.69) is 0 Å². The van der Waals surface area contributed by atoms with Gasteiger partial charge in [-0.2, -0.15) is 8.78 Å². The first-order valence-corrected chi connectivity index (χ1v) is 8.39. The van der Waals surface area contributed by atoms with Crippen LogP contribution in [0.4, 0.5) is 13.2 Å². The van der Waals surface area contributed by atoms with Gasteiger partial charge < -0.3 is 4.74 Å². The summed E-state index contributed by atoms with van der Waals surface area (Å²) in [5.41, 5.74) is 1.03. The minimum Gasteiger partial charge on any atom is -0.429 e. The molecule has 0 aromatic heterocycles. The summed E-state index contributed by atoms with van der Waals surface area (Å²) in [7, 11) is 0. The number of aryl methyl sites for hydroxylation is 1. The predicted molar refractivity (Wildman–Crippen MR) is 87.9 cm³/mol. The molecule has 2 aromatic carbocycles. The Morgan fingerprint density at radius 1 is 0.958 bits per heavy atom. The Labute approximate surface area is 140 Å². The SMILES string of the molecule is Cc1ccc(OC(F)(F)c2ccc(C3CCCCC3)cc2F)cc1. The van der Waals surface area contributed by atoms with E-state index in [1.54, 1.807) is 18.2 Å². The zero-order valence-corrected chi connectivity index (χ0v) is 13.7. The number of benzene rings is 2. The van der Waals surface area contributed by atoms with Gasteiger partial charge in [-0.25, -0.2) is 4.39 Å². The molecule has 1 fully saturated rings. The fraction of sp³-hybridized carbons (Fsp3) is 0.400. The molecule has 4 heteroatoms. The molecule has 0 N–H and O–H groups in total. The molecule has 0 spiro atoms. The van der Waals surface area contributed by atoms with Gasteiger partial charge in [0.05, 0.1) is 5.56 Å². The van der Waals surface area contributed by atoms with Crippen LogP contribution in [-0.2, 0) is 6.11 Å². The minimum atomic E-state index is -3.70. The van der Waals surface area contributed by atoms with E-state index >= 15 is 0 Å². The van der Waals surface area contributed by atoms with E-state index in [0.29, 0.717) is 0 Å². The molecular formula is C20H21F3O. The lowest BCUT2D eigenvalue weighted by atomic mass is 9.84. The summed E-state index contributed by atoms with van der Waals surface area (Å²) in [6, 6.07) is 10.3. The third-order valence-corrected chi connectivity index (χ3v) is 4.65. The van der Waals surface area contributed by atoms with Crippen LogP contribution in [0.2, 0.25) is 0 Å². The molecule has 24 heavy (non-hydrogen) atoms. The van der Waals surface area contributed by atoms with Crippen LogP contribution in [0.3, 0.4) is 0 Å². The molecular weight excluding hydrogens is 313 g/mol. The highest BCUT2D eigenvalue weighted by molar-refractivity contribution is 5.31. The lowest BCUT2D eigenvalue weighted by molar-refractivity contribution is -0.187. The monoisotopic (exact) mass is 334 g/mol. The average Bonchev–Trinajstić information content (AvgIpc) is 2.57. The van der Waals surface area contributed by atoms with Crippen LogP contribution < -0.4 is 4.74 Å². The van der Waals surface area contributed by atoms with Crippen molar-refractivity contribution in [1.82, 2.24) is 0 Å². The number of hydrogen-bond acceptors (Lipinski definition) is 1. The van der Waals surface area contributed by atoms with Crippen LogP contribution in [0, 0.1) is 12.7 Å². The third-order valence-electron chi connectivity index (χ3n) is 4.65. The number of alkyl halides is 2. The molecule has 3 rings (SSSR count). The first-order chi connectivity index (χ1) is 11.5. The topological polar surface area (TPSA) is 9.23 Å². The highest BCUT2D eigenvalue weighted by Gasteiger charge is 2.38. The molecule has 1 nitrogen and oxygen atoms in total. The summed E-state index contributed by atoms with van der Waals surface area (Å²) >= 11 is 0. The zero-order chi connectivity index (χ0) is 17.2. The number of halogens is 3. The second-order valence-electron chi connectivity index (χ2n) is 6.51. The fourth-order valence-electron chi connectivity index (χ4n) is 3.27. The van der Waals surface area contributed by atoms with E-state index in [9.17, 15) is 13.2 Å². The highest BCUT2D eigenvalue weighted by Crippen LogP contribution is 2.37. The van der Waals surface area contributed by atoms with Crippen LogP contribution in [-0.4, -0.2) is 0 Å². The van der Waals surface area contributed by atoms with E-state index in [1.165, 1.54) is 24.6 Å². The van der Waals surface area contributed by atoms with E-state index in [0.717, 1.165) is 42.9 Å². The molecule has 128 valence electrons. The van der Waals surface area contributed by atoms with Crippen LogP contribution in [0.5, 0.6) is 5.75 Å². The van der Waals surface area contributed by atoms with Gasteiger partial charge in [-0.1, -0.05) is 43.0 Å². The molecule has 0 aliphatic heterocycles. The van der Waals surface area contributed by atoms with Crippen molar-refractivity contribution in [2.75, 3.05) is 0 Å². The Morgan fingerprint density at radius 2 is 1.62 bits per heavy atom. The second kappa shape index (κ2) is 6.88. The third kappa shape index (κ3) is 3.74. The van der Waals surface area contributed by atoms with Crippen molar-refractivity contribution in [3.63, 3.8) is 0 Å². The van der Waals surface area contributed by atoms with Crippen LogP contribution in [0.1, 0.15) is 54.7 Å². The van der Waals surface area contributed by atoms with Crippen molar-refractivity contribution >= 4 is 0 Å². The lowest BCUT2D eigenvalue weighted by Gasteiger charge is -2.23. The van der Waals surface area contributed by atoms with Gasteiger partial charge in [-0.15, -0.1) is 0 Å². The molecule has 0 bridgehead atoms. The summed E-state index contributed by atoms with van der Waals surface area (Å²) in [5, 5.41) is 0. The van der Waals surface area contributed by atoms with E-state index in [4.69, 9.17) is 4.74 Å². The smallest absolute Gasteiger partial charge is 0.429 e. The largest absolute Gasteiger partial charge is 0.429 e. The number of ether oxygens (including phenoxy) is 1. The molecule has 1 aliphatic rings. The summed E-state index contributed by atoms with van der Waals surface area (Å²) < 4.78 is 47.7. The molecule has 2 aromatic rings. The Hall–Kier alpha value is -1.97. The Kier molecular flexibility index (Phi) is 4.83. The van der Waals surface area contributed by atoms with Gasteiger partial charge in [0.1, 0.15) is 11.6 Å². The van der Waals surface area contributed by atoms with E-state index in [-0.39, 0.29) is 11.7 Å².